The van der Waals surface area contributed by atoms with Gasteiger partial charge in [-0.2, -0.15) is 0 Å². The molecule has 0 aliphatic rings. The summed E-state index contributed by atoms with van der Waals surface area (Å²) >= 11 is 0. The van der Waals surface area contributed by atoms with E-state index in [2.05, 4.69) is 46.9 Å². The van der Waals surface area contributed by atoms with Crippen LogP contribution in [0.25, 0.3) is 0 Å². The molecule has 2 heterocycles. The minimum atomic E-state index is -4.38. The number of nitrogens with one attached hydrogen (secondary N) is 1. The molecule has 322 valence electrons. The molecule has 0 fully saturated rings. The number of esters is 2. The summed E-state index contributed by atoms with van der Waals surface area (Å²) in [5.74, 6) is 3.64. The molecular weight excluding hydrogens is 733 g/mol. The van der Waals surface area contributed by atoms with Gasteiger partial charge in [-0.3, -0.25) is 18.6 Å². The Morgan fingerprint density at radius 1 is 0.607 bits per heavy atom. The van der Waals surface area contributed by atoms with Crippen LogP contribution in [0.2, 0.25) is 0 Å². The number of hydrogen-bond acceptors (Lipinski definition) is 10. The van der Waals surface area contributed by atoms with E-state index in [1.54, 1.807) is 7.05 Å². The summed E-state index contributed by atoms with van der Waals surface area (Å²) in [5.41, 5.74) is 5.17. The summed E-state index contributed by atoms with van der Waals surface area (Å²) in [7, 11) is -2.69. The maximum absolute atomic E-state index is 12.7. The summed E-state index contributed by atoms with van der Waals surface area (Å²) < 4.78 is 45.6. The van der Waals surface area contributed by atoms with Crippen molar-refractivity contribution in [3.8, 4) is 0 Å². The molecule has 0 spiro atoms. The van der Waals surface area contributed by atoms with Crippen LogP contribution in [0, 0.1) is 27.7 Å². The van der Waals surface area contributed by atoms with Crippen molar-refractivity contribution in [1.82, 2.24) is 5.32 Å². The van der Waals surface area contributed by atoms with E-state index in [1.165, 1.54) is 41.5 Å². The summed E-state index contributed by atoms with van der Waals surface area (Å²) in [6, 6.07) is 0. The Morgan fingerprint density at radius 3 is 1.54 bits per heavy atom. The summed E-state index contributed by atoms with van der Waals surface area (Å²) in [6.07, 6.45) is 19.8. The fourth-order valence-corrected chi connectivity index (χ4v) is 7.53. The molecule has 0 bridgehead atoms. The first kappa shape index (κ1) is 49.7. The Hall–Kier alpha value is -2.43. The van der Waals surface area contributed by atoms with Gasteiger partial charge in [-0.15, -0.1) is 0 Å². The molecule has 0 saturated heterocycles. The van der Waals surface area contributed by atoms with Crippen molar-refractivity contribution in [3.05, 3.63) is 45.3 Å². The van der Waals surface area contributed by atoms with Gasteiger partial charge in [0.2, 0.25) is 0 Å². The zero-order valence-corrected chi connectivity index (χ0v) is 36.9. The van der Waals surface area contributed by atoms with Gasteiger partial charge in [0.1, 0.15) is 29.6 Å². The van der Waals surface area contributed by atoms with Crippen LogP contribution in [0.4, 0.5) is 0 Å². The number of aryl methyl sites for hydroxylation is 4. The number of carbonyl (C=O) groups excluding carboxylic acids is 2. The van der Waals surface area contributed by atoms with Crippen LogP contribution in [0.15, 0.2) is 8.83 Å². The molecular formula is C44H76NO10P. The topological polar surface area (TPSA) is 147 Å². The highest BCUT2D eigenvalue weighted by Crippen LogP contribution is 2.43. The van der Waals surface area contributed by atoms with Crippen molar-refractivity contribution < 1.29 is 46.4 Å². The smallest absolute Gasteiger partial charge is 0.466 e. The van der Waals surface area contributed by atoms with Crippen LogP contribution in [-0.2, 0) is 58.4 Å². The van der Waals surface area contributed by atoms with Gasteiger partial charge < -0.3 is 28.5 Å². The van der Waals surface area contributed by atoms with Gasteiger partial charge in [-0.05, 0) is 95.5 Å². The Balaban J connectivity index is 1.66. The van der Waals surface area contributed by atoms with Crippen LogP contribution in [0.3, 0.4) is 0 Å². The van der Waals surface area contributed by atoms with E-state index in [0.29, 0.717) is 19.4 Å². The lowest BCUT2D eigenvalue weighted by Gasteiger charge is -2.20. The van der Waals surface area contributed by atoms with E-state index in [0.717, 1.165) is 119 Å². The summed E-state index contributed by atoms with van der Waals surface area (Å²) in [6.45, 7) is 12.6. The van der Waals surface area contributed by atoms with Crippen molar-refractivity contribution in [2.45, 2.75) is 189 Å². The highest BCUT2D eigenvalue weighted by molar-refractivity contribution is 7.47. The van der Waals surface area contributed by atoms with Gasteiger partial charge in [0.25, 0.3) is 0 Å². The SMILES string of the molecule is CCCCCc1oc(CCCCCCCCC(=O)O[C@H](COC(=O)CCCCCCCCc2oc(CCC)c(C)c2C)COP(=O)(O)OCCNC)c(C)c1C. The molecule has 0 saturated carbocycles. The first-order chi connectivity index (χ1) is 26.9. The fraction of sp³-hybridized carbons (Fsp3) is 0.773. The number of carbonyl (C=O) groups is 2. The molecule has 2 aromatic rings. The van der Waals surface area contributed by atoms with E-state index in [-0.39, 0.29) is 26.1 Å². The zero-order valence-electron chi connectivity index (χ0n) is 36.0. The van der Waals surface area contributed by atoms with Gasteiger partial charge in [0.05, 0.1) is 13.2 Å². The van der Waals surface area contributed by atoms with E-state index in [1.807, 2.05) is 0 Å². The van der Waals surface area contributed by atoms with Crippen molar-refractivity contribution in [1.29, 1.82) is 0 Å². The van der Waals surface area contributed by atoms with E-state index in [4.69, 9.17) is 27.4 Å². The first-order valence-corrected chi connectivity index (χ1v) is 23.2. The average Bonchev–Trinajstić information content (AvgIpc) is 3.59. The van der Waals surface area contributed by atoms with Crippen LogP contribution >= 0.6 is 7.82 Å². The monoisotopic (exact) mass is 810 g/mol. The number of rotatable bonds is 34. The van der Waals surface area contributed by atoms with Crippen LogP contribution < -0.4 is 5.32 Å². The molecule has 0 aromatic carbocycles. The minimum Gasteiger partial charge on any atom is -0.466 e. The third-order valence-electron chi connectivity index (χ3n) is 10.6. The molecule has 0 aliphatic heterocycles. The lowest BCUT2D eigenvalue weighted by molar-refractivity contribution is -0.161. The molecule has 0 radical (unpaired) electrons. The van der Waals surface area contributed by atoms with Crippen molar-refractivity contribution in [3.63, 3.8) is 0 Å². The van der Waals surface area contributed by atoms with Gasteiger partial charge in [0.15, 0.2) is 6.10 Å². The van der Waals surface area contributed by atoms with Crippen molar-refractivity contribution >= 4 is 19.8 Å². The zero-order chi connectivity index (χ0) is 41.2. The first-order valence-electron chi connectivity index (χ1n) is 21.7. The van der Waals surface area contributed by atoms with Crippen molar-refractivity contribution in [2.75, 3.05) is 33.4 Å². The minimum absolute atomic E-state index is 0.0326. The fourth-order valence-electron chi connectivity index (χ4n) is 6.78. The third-order valence-corrected chi connectivity index (χ3v) is 11.6. The predicted molar refractivity (Wildman–Crippen MR) is 222 cm³/mol. The highest BCUT2D eigenvalue weighted by atomic mass is 31.2. The molecule has 2 N–H and O–H groups in total. The maximum Gasteiger partial charge on any atom is 0.472 e. The van der Waals surface area contributed by atoms with E-state index >= 15 is 0 Å². The molecule has 0 amide bonds. The lowest BCUT2D eigenvalue weighted by atomic mass is 10.0. The van der Waals surface area contributed by atoms with E-state index < -0.39 is 32.5 Å². The molecule has 12 heteroatoms. The van der Waals surface area contributed by atoms with Gasteiger partial charge in [-0.25, -0.2) is 4.57 Å². The van der Waals surface area contributed by atoms with Crippen LogP contribution in [0.5, 0.6) is 0 Å². The van der Waals surface area contributed by atoms with E-state index in [9.17, 15) is 19.0 Å². The van der Waals surface area contributed by atoms with Crippen molar-refractivity contribution in [2.24, 2.45) is 0 Å². The van der Waals surface area contributed by atoms with Crippen LogP contribution in [-0.4, -0.2) is 56.3 Å². The largest absolute Gasteiger partial charge is 0.472 e. The second kappa shape index (κ2) is 28.9. The Bertz CT molecular complexity index is 1430. The Morgan fingerprint density at radius 2 is 1.05 bits per heavy atom. The summed E-state index contributed by atoms with van der Waals surface area (Å²) in [5, 5.41) is 2.82. The number of phosphoric acid groups is 1. The molecule has 2 aromatic heterocycles. The number of likely N-dealkylation sites (N-methyl/N-ethyl adjacent to an activating group) is 1. The molecule has 11 nitrogen and oxygen atoms in total. The second-order valence-corrected chi connectivity index (χ2v) is 16.8. The number of phosphoric ester groups is 1. The summed E-state index contributed by atoms with van der Waals surface area (Å²) in [4.78, 5) is 35.3. The third kappa shape index (κ3) is 20.3. The van der Waals surface area contributed by atoms with Gasteiger partial charge in [0, 0.05) is 45.1 Å². The molecule has 0 aliphatic carbocycles. The maximum atomic E-state index is 12.7. The predicted octanol–water partition coefficient (Wildman–Crippen LogP) is 10.8. The van der Waals surface area contributed by atoms with Gasteiger partial charge in [-0.1, -0.05) is 78.1 Å². The average molecular weight is 810 g/mol. The standard InChI is InChI=1S/C44H76NO10P/c1-8-10-19-25-40-36(5)37(6)42(55-40)27-21-16-12-14-18-23-29-44(47)53-38(33-52-56(48,49)51-31-30-45-7)32-50-43(46)28-22-17-13-11-15-20-26-41-35(4)34(3)39(54-41)24-9-2/h38,45H,8-33H2,1-7H3,(H,48,49)/t38-/m1/s1. The molecule has 2 atom stereocenters. The Kier molecular flexibility index (Phi) is 25.6. The molecule has 2 rings (SSSR count). The lowest BCUT2D eigenvalue weighted by Crippen LogP contribution is -2.29. The number of ether oxygens (including phenoxy) is 2. The number of hydrogen-bond donors (Lipinski definition) is 2. The number of furan rings is 2. The number of unbranched alkanes of at least 4 members (excludes halogenated alkanes) is 12. The van der Waals surface area contributed by atoms with Gasteiger partial charge >= 0.3 is 19.8 Å². The van der Waals surface area contributed by atoms with Crippen LogP contribution in [0.1, 0.15) is 175 Å². The quantitative estimate of drug-likeness (QED) is 0.0395. The molecule has 56 heavy (non-hydrogen) atoms. The Labute approximate surface area is 338 Å². The normalized spacial score (nSPS) is 13.2. The second-order valence-electron chi connectivity index (χ2n) is 15.3. The highest BCUT2D eigenvalue weighted by Gasteiger charge is 2.26. The molecule has 1 unspecified atom stereocenters.